The van der Waals surface area contributed by atoms with Crippen LogP contribution in [0, 0.1) is 19.7 Å². The van der Waals surface area contributed by atoms with E-state index in [2.05, 4.69) is 23.3 Å². The number of nitrogens with one attached hydrogen (secondary N) is 1. The molecule has 116 valence electrons. The summed E-state index contributed by atoms with van der Waals surface area (Å²) in [6, 6.07) is 5.97. The third-order valence-corrected chi connectivity index (χ3v) is 4.42. The molecular weight excluding hydrogens is 279 g/mol. The van der Waals surface area contributed by atoms with E-state index in [4.69, 9.17) is 4.74 Å². The molecule has 0 saturated heterocycles. The van der Waals surface area contributed by atoms with E-state index in [9.17, 15) is 4.39 Å². The summed E-state index contributed by atoms with van der Waals surface area (Å²) in [5.41, 5.74) is 5.29. The van der Waals surface area contributed by atoms with Crippen LogP contribution in [0.25, 0.3) is 0 Å². The first kappa shape index (κ1) is 15.0. The zero-order valence-corrected chi connectivity index (χ0v) is 13.2. The van der Waals surface area contributed by atoms with Gasteiger partial charge in [-0.3, -0.25) is 4.98 Å². The van der Waals surface area contributed by atoms with Gasteiger partial charge in [0.1, 0.15) is 0 Å². The molecule has 0 amide bonds. The lowest BCUT2D eigenvalue weighted by Gasteiger charge is -2.16. The van der Waals surface area contributed by atoms with Gasteiger partial charge in [-0.15, -0.1) is 0 Å². The Morgan fingerprint density at radius 1 is 1.36 bits per heavy atom. The van der Waals surface area contributed by atoms with E-state index in [0.29, 0.717) is 5.75 Å². The van der Waals surface area contributed by atoms with E-state index < -0.39 is 0 Å². The summed E-state index contributed by atoms with van der Waals surface area (Å²) in [5.74, 6) is 0.121. The van der Waals surface area contributed by atoms with Gasteiger partial charge in [0.2, 0.25) is 0 Å². The van der Waals surface area contributed by atoms with Crippen LogP contribution in [0.5, 0.6) is 5.75 Å². The van der Waals surface area contributed by atoms with Crippen LogP contribution in [-0.2, 0) is 13.0 Å². The summed E-state index contributed by atoms with van der Waals surface area (Å²) in [5, 5.41) is 3.53. The highest BCUT2D eigenvalue weighted by Gasteiger charge is 2.26. The zero-order chi connectivity index (χ0) is 15.7. The summed E-state index contributed by atoms with van der Waals surface area (Å²) >= 11 is 0. The molecule has 1 aromatic carbocycles. The molecule has 0 saturated carbocycles. The maximum Gasteiger partial charge on any atom is 0.168 e. The number of hydrogen-bond donors (Lipinski definition) is 1. The van der Waals surface area contributed by atoms with Crippen LogP contribution in [0.4, 0.5) is 4.39 Å². The van der Waals surface area contributed by atoms with Crippen molar-refractivity contribution >= 4 is 0 Å². The minimum atomic E-state index is -0.211. The topological polar surface area (TPSA) is 34.1 Å². The van der Waals surface area contributed by atoms with Crippen LogP contribution in [0.15, 0.2) is 24.4 Å². The van der Waals surface area contributed by atoms with Gasteiger partial charge in [0, 0.05) is 24.5 Å². The first-order valence-corrected chi connectivity index (χ1v) is 7.61. The number of aryl methyl sites for hydroxylation is 2. The normalized spacial score (nSPS) is 16.6. The van der Waals surface area contributed by atoms with E-state index >= 15 is 0 Å². The number of hydrogen-bond acceptors (Lipinski definition) is 3. The SMILES string of the molecule is COc1ccc2c(c1F)CC[C@@H]2NCc1cnc(C)cc1C. The summed E-state index contributed by atoms with van der Waals surface area (Å²) < 4.78 is 19.3. The minimum absolute atomic E-state index is 0.191. The fourth-order valence-corrected chi connectivity index (χ4v) is 3.15. The molecule has 0 fully saturated rings. The number of pyridine rings is 1. The van der Waals surface area contributed by atoms with Crippen molar-refractivity contribution in [2.24, 2.45) is 0 Å². The number of nitrogens with zero attached hydrogens (tertiary/aromatic N) is 1. The lowest BCUT2D eigenvalue weighted by molar-refractivity contribution is 0.384. The summed E-state index contributed by atoms with van der Waals surface area (Å²) in [6.45, 7) is 4.84. The maximum atomic E-state index is 14.3. The molecule has 1 aliphatic rings. The van der Waals surface area contributed by atoms with Gasteiger partial charge in [-0.2, -0.15) is 0 Å². The number of benzene rings is 1. The molecule has 0 bridgehead atoms. The quantitative estimate of drug-likeness (QED) is 0.936. The Morgan fingerprint density at radius 3 is 2.91 bits per heavy atom. The van der Waals surface area contributed by atoms with Crippen molar-refractivity contribution in [2.75, 3.05) is 7.11 Å². The Morgan fingerprint density at radius 2 is 2.18 bits per heavy atom. The molecule has 1 aromatic heterocycles. The van der Waals surface area contributed by atoms with Gasteiger partial charge in [0.25, 0.3) is 0 Å². The van der Waals surface area contributed by atoms with Crippen LogP contribution >= 0.6 is 0 Å². The van der Waals surface area contributed by atoms with Crippen molar-refractivity contribution in [1.29, 1.82) is 0 Å². The highest BCUT2D eigenvalue weighted by molar-refractivity contribution is 5.42. The predicted octanol–water partition coefficient (Wildman–Crippen LogP) is 3.62. The lowest BCUT2D eigenvalue weighted by Crippen LogP contribution is -2.19. The number of halogens is 1. The summed E-state index contributed by atoms with van der Waals surface area (Å²) in [4.78, 5) is 4.35. The number of rotatable bonds is 4. The smallest absolute Gasteiger partial charge is 0.168 e. The van der Waals surface area contributed by atoms with Crippen molar-refractivity contribution in [2.45, 2.75) is 39.3 Å². The van der Waals surface area contributed by atoms with Crippen LogP contribution in [0.1, 0.15) is 40.4 Å². The van der Waals surface area contributed by atoms with Crippen molar-refractivity contribution in [3.05, 3.63) is 58.2 Å². The van der Waals surface area contributed by atoms with Crippen LogP contribution in [0.3, 0.4) is 0 Å². The second kappa shape index (κ2) is 6.05. The van der Waals surface area contributed by atoms with Gasteiger partial charge in [-0.25, -0.2) is 4.39 Å². The largest absolute Gasteiger partial charge is 0.494 e. The van der Waals surface area contributed by atoms with E-state index in [1.165, 1.54) is 18.2 Å². The zero-order valence-electron chi connectivity index (χ0n) is 13.2. The maximum absolute atomic E-state index is 14.3. The Kier molecular flexibility index (Phi) is 4.12. The second-order valence-electron chi connectivity index (χ2n) is 5.87. The molecule has 0 radical (unpaired) electrons. The minimum Gasteiger partial charge on any atom is -0.494 e. The number of aromatic nitrogens is 1. The van der Waals surface area contributed by atoms with Crippen molar-refractivity contribution in [3.8, 4) is 5.75 Å². The lowest BCUT2D eigenvalue weighted by atomic mass is 10.1. The van der Waals surface area contributed by atoms with Crippen LogP contribution in [0.2, 0.25) is 0 Å². The molecule has 0 unspecified atom stereocenters. The van der Waals surface area contributed by atoms with Gasteiger partial charge in [0.15, 0.2) is 11.6 Å². The molecule has 1 N–H and O–H groups in total. The summed E-state index contributed by atoms with van der Waals surface area (Å²) in [7, 11) is 1.50. The van der Waals surface area contributed by atoms with E-state index in [0.717, 1.165) is 36.2 Å². The van der Waals surface area contributed by atoms with Gasteiger partial charge < -0.3 is 10.1 Å². The third-order valence-electron chi connectivity index (χ3n) is 4.42. The van der Waals surface area contributed by atoms with Gasteiger partial charge >= 0.3 is 0 Å². The molecule has 4 heteroatoms. The van der Waals surface area contributed by atoms with Crippen LogP contribution < -0.4 is 10.1 Å². The van der Waals surface area contributed by atoms with Gasteiger partial charge in [-0.1, -0.05) is 6.07 Å². The Balaban J connectivity index is 1.75. The van der Waals surface area contributed by atoms with Crippen molar-refractivity contribution in [1.82, 2.24) is 10.3 Å². The molecule has 2 aromatic rings. The fourth-order valence-electron chi connectivity index (χ4n) is 3.15. The van der Waals surface area contributed by atoms with E-state index in [1.54, 1.807) is 6.07 Å². The average molecular weight is 300 g/mol. The number of fused-ring (bicyclic) bond motifs is 1. The van der Waals surface area contributed by atoms with E-state index in [1.807, 2.05) is 19.2 Å². The Bertz CT molecular complexity index is 700. The van der Waals surface area contributed by atoms with Crippen molar-refractivity contribution < 1.29 is 9.13 Å². The molecular formula is C18H21FN2O. The molecule has 0 spiro atoms. The first-order valence-electron chi connectivity index (χ1n) is 7.61. The molecule has 1 atom stereocenters. The monoisotopic (exact) mass is 300 g/mol. The highest BCUT2D eigenvalue weighted by Crippen LogP contribution is 2.36. The molecule has 3 nitrogen and oxygen atoms in total. The second-order valence-corrected chi connectivity index (χ2v) is 5.87. The van der Waals surface area contributed by atoms with Gasteiger partial charge in [-0.05, 0) is 61.1 Å². The van der Waals surface area contributed by atoms with Gasteiger partial charge in [0.05, 0.1) is 7.11 Å². The molecule has 1 aliphatic carbocycles. The average Bonchev–Trinajstić information content (AvgIpc) is 2.91. The molecule has 3 rings (SSSR count). The van der Waals surface area contributed by atoms with E-state index in [-0.39, 0.29) is 11.9 Å². The summed E-state index contributed by atoms with van der Waals surface area (Å²) in [6.07, 6.45) is 3.58. The first-order chi connectivity index (χ1) is 10.6. The van der Waals surface area contributed by atoms with Crippen molar-refractivity contribution in [3.63, 3.8) is 0 Å². The Hall–Kier alpha value is -1.94. The number of methoxy groups -OCH3 is 1. The molecule has 1 heterocycles. The fraction of sp³-hybridized carbons (Fsp3) is 0.389. The van der Waals surface area contributed by atoms with Crippen LogP contribution in [-0.4, -0.2) is 12.1 Å². The molecule has 22 heavy (non-hydrogen) atoms. The Labute approximate surface area is 130 Å². The molecule has 0 aliphatic heterocycles. The highest BCUT2D eigenvalue weighted by atomic mass is 19.1. The number of ether oxygens (including phenoxy) is 1. The predicted molar refractivity (Wildman–Crippen MR) is 84.6 cm³/mol. The third kappa shape index (κ3) is 2.71. The standard InChI is InChI=1S/C18H21FN2O/c1-11-8-12(2)20-9-13(11)10-21-16-6-4-15-14(16)5-7-17(22-3)18(15)19/h5,7-9,16,21H,4,6,10H2,1-3H3/t16-/m0/s1.